The molecule has 3 aromatic carbocycles. The van der Waals surface area contributed by atoms with Gasteiger partial charge in [-0.15, -0.1) is 0 Å². The summed E-state index contributed by atoms with van der Waals surface area (Å²) in [5, 5.41) is 1.01. The molecule has 1 unspecified atom stereocenters. The Morgan fingerprint density at radius 2 is 1.00 bits per heavy atom. The maximum atomic E-state index is 12.0. The zero-order valence-corrected chi connectivity index (χ0v) is 26.4. The van der Waals surface area contributed by atoms with Crippen LogP contribution in [0, 0.1) is 45.1 Å². The molecule has 9 heteroatoms. The van der Waals surface area contributed by atoms with Gasteiger partial charge in [-0.1, -0.05) is 53.1 Å². The van der Waals surface area contributed by atoms with Crippen molar-refractivity contribution in [1.29, 1.82) is 0 Å². The van der Waals surface area contributed by atoms with Crippen molar-refractivity contribution in [3.8, 4) is 0 Å². The second-order valence-corrected chi connectivity index (χ2v) is 13.7. The van der Waals surface area contributed by atoms with Gasteiger partial charge in [-0.25, -0.2) is 0 Å². The minimum absolute atomic E-state index is 0.376. The lowest BCUT2D eigenvalue weighted by molar-refractivity contribution is 0.287. The van der Waals surface area contributed by atoms with Gasteiger partial charge in [0.1, 0.15) is 0 Å². The van der Waals surface area contributed by atoms with Crippen molar-refractivity contribution in [2.75, 3.05) is 21.3 Å². The van der Waals surface area contributed by atoms with E-state index in [1.165, 1.54) is 36.0 Å². The Labute approximate surface area is 229 Å². The third-order valence-electron chi connectivity index (χ3n) is 5.35. The molecule has 0 saturated carbocycles. The van der Waals surface area contributed by atoms with Crippen molar-refractivity contribution in [3.05, 3.63) is 91.5 Å². The predicted octanol–water partition coefficient (Wildman–Crippen LogP) is 7.08. The normalized spacial score (nSPS) is 12.5. The molecule has 3 aromatic rings. The number of aryl methyl sites for hydroxylation is 6. The fourth-order valence-corrected chi connectivity index (χ4v) is 6.00. The van der Waals surface area contributed by atoms with Gasteiger partial charge in [0, 0.05) is 24.9 Å². The van der Waals surface area contributed by atoms with Crippen LogP contribution >= 0.6 is 37.8 Å². The van der Waals surface area contributed by atoms with Crippen molar-refractivity contribution in [2.45, 2.75) is 41.5 Å². The molecule has 0 fully saturated rings. The van der Waals surface area contributed by atoms with Crippen LogP contribution in [0.25, 0.3) is 0 Å². The lowest BCUT2D eigenvalue weighted by Gasteiger charge is -2.16. The summed E-state index contributed by atoms with van der Waals surface area (Å²) in [5.41, 5.74) is 6.62. The van der Waals surface area contributed by atoms with E-state index in [0.29, 0.717) is 10.6 Å². The lowest BCUT2D eigenvalue weighted by atomic mass is 10.2. The first-order valence-corrected chi connectivity index (χ1v) is 15.4. The van der Waals surface area contributed by atoms with Crippen LogP contribution < -0.4 is 10.6 Å². The molecule has 0 aromatic heterocycles. The van der Waals surface area contributed by atoms with Crippen molar-refractivity contribution in [3.63, 3.8) is 0 Å². The van der Waals surface area contributed by atoms with E-state index in [0.717, 1.165) is 22.3 Å². The summed E-state index contributed by atoms with van der Waals surface area (Å²) in [4.78, 5) is 9.40. The van der Waals surface area contributed by atoms with Crippen LogP contribution in [-0.4, -0.2) is 26.2 Å². The van der Waals surface area contributed by atoms with Gasteiger partial charge in [0.15, 0.2) is 0 Å². The average molecular weight is 646 g/mol. The van der Waals surface area contributed by atoms with Crippen LogP contribution in [0.2, 0.25) is 0 Å². The summed E-state index contributed by atoms with van der Waals surface area (Å²) < 4.78 is 39.2. The van der Waals surface area contributed by atoms with Crippen molar-refractivity contribution in [2.24, 2.45) is 0 Å². The van der Waals surface area contributed by atoms with E-state index in [2.05, 4.69) is 59.2 Å². The van der Waals surface area contributed by atoms with E-state index in [-0.39, 0.29) is 0 Å². The molecule has 198 valence electrons. The van der Waals surface area contributed by atoms with E-state index in [4.69, 9.17) is 9.05 Å². The first-order chi connectivity index (χ1) is 16.7. The maximum Gasteiger partial charge on any atom is 0.361 e. The van der Waals surface area contributed by atoms with Gasteiger partial charge in [-0.05, 0) is 99.0 Å². The van der Waals surface area contributed by atoms with E-state index in [1.807, 2.05) is 39.0 Å². The van der Waals surface area contributed by atoms with Gasteiger partial charge >= 0.3 is 15.2 Å². The highest BCUT2D eigenvalue weighted by molar-refractivity contribution is 14.1. The monoisotopic (exact) mass is 646 g/mol. The maximum absolute atomic E-state index is 12.0. The molecular formula is C27H37IO6P2. The SMILES string of the molecule is COP(=O)(O)c1ccc(C)cc1C.COP(=O)(OC)c1ccc(C)cc1C.Cc1ccc(I)c(C)c1. The van der Waals surface area contributed by atoms with Gasteiger partial charge in [0.25, 0.3) is 0 Å². The molecule has 0 saturated heterocycles. The number of benzene rings is 3. The van der Waals surface area contributed by atoms with Crippen LogP contribution in [0.5, 0.6) is 0 Å². The molecule has 0 spiro atoms. The fraction of sp³-hybridized carbons (Fsp3) is 0.333. The summed E-state index contributed by atoms with van der Waals surface area (Å²) in [7, 11) is -2.65. The van der Waals surface area contributed by atoms with Crippen molar-refractivity contribution < 1.29 is 27.6 Å². The largest absolute Gasteiger partial charge is 0.361 e. The lowest BCUT2D eigenvalue weighted by Crippen LogP contribution is -2.11. The first-order valence-electron chi connectivity index (χ1n) is 11.2. The predicted molar refractivity (Wildman–Crippen MR) is 158 cm³/mol. The van der Waals surface area contributed by atoms with E-state index in [1.54, 1.807) is 25.1 Å². The summed E-state index contributed by atoms with van der Waals surface area (Å²) in [6.07, 6.45) is 0. The van der Waals surface area contributed by atoms with Gasteiger partial charge in [-0.3, -0.25) is 9.13 Å². The highest BCUT2D eigenvalue weighted by atomic mass is 127. The number of rotatable bonds is 5. The van der Waals surface area contributed by atoms with Gasteiger partial charge in [-0.2, -0.15) is 0 Å². The molecule has 0 heterocycles. The fourth-order valence-electron chi connectivity index (χ4n) is 3.40. The minimum atomic E-state index is -3.58. The summed E-state index contributed by atoms with van der Waals surface area (Å²) in [5.74, 6) is 0. The molecule has 3 rings (SSSR count). The van der Waals surface area contributed by atoms with Gasteiger partial charge < -0.3 is 18.5 Å². The Bertz CT molecular complexity index is 1250. The first kappa shape index (κ1) is 32.7. The Morgan fingerprint density at radius 3 is 1.33 bits per heavy atom. The highest BCUT2D eigenvalue weighted by Gasteiger charge is 2.26. The van der Waals surface area contributed by atoms with E-state index in [9.17, 15) is 14.0 Å². The molecule has 1 atom stereocenters. The van der Waals surface area contributed by atoms with Crippen LogP contribution in [0.1, 0.15) is 33.4 Å². The molecule has 0 aliphatic heterocycles. The Kier molecular flexibility index (Phi) is 13.3. The number of hydrogen-bond donors (Lipinski definition) is 1. The molecule has 0 amide bonds. The second kappa shape index (κ2) is 14.6. The summed E-state index contributed by atoms with van der Waals surface area (Å²) in [6, 6.07) is 17.4. The number of hydrogen-bond acceptors (Lipinski definition) is 5. The smallest absolute Gasteiger partial charge is 0.321 e. The molecular weight excluding hydrogens is 609 g/mol. The minimum Gasteiger partial charge on any atom is -0.321 e. The average Bonchev–Trinajstić information content (AvgIpc) is 2.82. The van der Waals surface area contributed by atoms with Crippen LogP contribution in [0.4, 0.5) is 0 Å². The topological polar surface area (TPSA) is 82.1 Å². The quantitative estimate of drug-likeness (QED) is 0.236. The molecule has 0 aliphatic carbocycles. The number of halogens is 1. The Hall–Kier alpha value is -1.31. The molecule has 36 heavy (non-hydrogen) atoms. The van der Waals surface area contributed by atoms with Gasteiger partial charge in [0.05, 0.1) is 10.6 Å². The molecule has 1 N–H and O–H groups in total. The van der Waals surface area contributed by atoms with Crippen molar-refractivity contribution >= 4 is 48.4 Å². The van der Waals surface area contributed by atoms with Gasteiger partial charge in [0.2, 0.25) is 0 Å². The zero-order chi connectivity index (χ0) is 27.7. The molecule has 6 nitrogen and oxygen atoms in total. The van der Waals surface area contributed by atoms with Crippen LogP contribution in [-0.2, 0) is 22.7 Å². The third kappa shape index (κ3) is 9.53. The Morgan fingerprint density at radius 1 is 0.611 bits per heavy atom. The second-order valence-electron chi connectivity index (χ2n) is 8.40. The van der Waals surface area contributed by atoms with E-state index < -0.39 is 15.2 Å². The zero-order valence-electron chi connectivity index (χ0n) is 22.5. The highest BCUT2D eigenvalue weighted by Crippen LogP contribution is 2.45. The molecule has 0 radical (unpaired) electrons. The third-order valence-corrected chi connectivity index (χ3v) is 10.2. The summed E-state index contributed by atoms with van der Waals surface area (Å²) in [6.45, 7) is 11.9. The summed E-state index contributed by atoms with van der Waals surface area (Å²) >= 11 is 2.34. The van der Waals surface area contributed by atoms with E-state index >= 15 is 0 Å². The van der Waals surface area contributed by atoms with Crippen LogP contribution in [0.15, 0.2) is 54.6 Å². The van der Waals surface area contributed by atoms with Crippen molar-refractivity contribution in [1.82, 2.24) is 0 Å². The standard InChI is InChI=1S/C10H15O3P.C9H13O3P.C8H9I/c1-8-5-6-10(9(2)7-8)14(11,12-3)13-4;1-7-4-5-9(8(2)6-7)13(10,11)12-3;1-6-3-4-8(9)7(2)5-6/h5-7H,1-4H3;4-6H,1-3H3,(H,10,11);3-5H,1-2H3. The van der Waals surface area contributed by atoms with Crippen LogP contribution in [0.3, 0.4) is 0 Å². The molecule has 0 bridgehead atoms. The Balaban J connectivity index is 0.000000276. The molecule has 0 aliphatic rings.